The van der Waals surface area contributed by atoms with Gasteiger partial charge in [0.2, 0.25) is 0 Å². The highest BCUT2D eigenvalue weighted by molar-refractivity contribution is 5.78. The average molecular weight is 241 g/mol. The van der Waals surface area contributed by atoms with E-state index in [1.807, 2.05) is 18.2 Å². The molecule has 18 heavy (non-hydrogen) atoms. The molecule has 2 aromatic rings. The first-order valence-electron chi connectivity index (χ1n) is 6.86. The third-order valence-electron chi connectivity index (χ3n) is 4.05. The molecule has 1 atom stereocenters. The highest BCUT2D eigenvalue weighted by atomic mass is 16.3. The van der Waals surface area contributed by atoms with E-state index in [-0.39, 0.29) is 6.10 Å². The number of hydrogen-bond acceptors (Lipinski definition) is 2. The molecule has 0 spiro atoms. The zero-order chi connectivity index (χ0) is 12.4. The molecule has 1 heterocycles. The predicted molar refractivity (Wildman–Crippen MR) is 73.3 cm³/mol. The Morgan fingerprint density at radius 3 is 2.89 bits per heavy atom. The minimum Gasteiger partial charge on any atom is -0.388 e. The van der Waals surface area contributed by atoms with E-state index in [1.54, 1.807) is 6.20 Å². The maximum atomic E-state index is 10.3. The smallest absolute Gasteiger partial charge is 0.0793 e. The van der Waals surface area contributed by atoms with Gasteiger partial charge in [-0.1, -0.05) is 43.9 Å². The van der Waals surface area contributed by atoms with E-state index in [9.17, 15) is 5.11 Å². The number of pyridine rings is 1. The molecule has 94 valence electrons. The van der Waals surface area contributed by atoms with E-state index < -0.39 is 0 Å². The molecule has 1 aliphatic carbocycles. The van der Waals surface area contributed by atoms with Crippen molar-refractivity contribution in [1.29, 1.82) is 0 Å². The monoisotopic (exact) mass is 241 g/mol. The third-order valence-corrected chi connectivity index (χ3v) is 4.05. The summed E-state index contributed by atoms with van der Waals surface area (Å²) in [5.41, 5.74) is 1.98. The molecule has 1 N–H and O–H groups in total. The average Bonchev–Trinajstić information content (AvgIpc) is 2.91. The normalized spacial score (nSPS) is 18.3. The largest absolute Gasteiger partial charge is 0.388 e. The molecule has 3 rings (SSSR count). The topological polar surface area (TPSA) is 33.1 Å². The van der Waals surface area contributed by atoms with E-state index in [0.29, 0.717) is 5.92 Å². The van der Waals surface area contributed by atoms with E-state index in [2.05, 4.69) is 17.1 Å². The second kappa shape index (κ2) is 5.07. The molecular formula is C16H19NO. The zero-order valence-corrected chi connectivity index (χ0v) is 10.5. The molecule has 2 heteroatoms. The van der Waals surface area contributed by atoms with Crippen LogP contribution < -0.4 is 0 Å². The number of hydrogen-bond donors (Lipinski definition) is 1. The van der Waals surface area contributed by atoms with Gasteiger partial charge in [0.15, 0.2) is 0 Å². The van der Waals surface area contributed by atoms with Crippen LogP contribution >= 0.6 is 0 Å². The van der Waals surface area contributed by atoms with Crippen molar-refractivity contribution in [3.05, 3.63) is 42.1 Å². The first-order chi connectivity index (χ1) is 8.83. The number of nitrogens with zero attached hydrogens (tertiary/aromatic N) is 1. The van der Waals surface area contributed by atoms with Crippen LogP contribution in [0.3, 0.4) is 0 Å². The summed E-state index contributed by atoms with van der Waals surface area (Å²) in [6.07, 6.45) is 7.59. The molecule has 1 unspecified atom stereocenters. The summed E-state index contributed by atoms with van der Waals surface area (Å²) in [7, 11) is 0. The van der Waals surface area contributed by atoms with Crippen molar-refractivity contribution >= 4 is 10.9 Å². The summed E-state index contributed by atoms with van der Waals surface area (Å²) in [4.78, 5) is 4.34. The summed E-state index contributed by atoms with van der Waals surface area (Å²) in [6.45, 7) is 0. The van der Waals surface area contributed by atoms with Crippen LogP contribution in [0.15, 0.2) is 36.5 Å². The van der Waals surface area contributed by atoms with Crippen molar-refractivity contribution < 1.29 is 5.11 Å². The van der Waals surface area contributed by atoms with Crippen LogP contribution in [0.2, 0.25) is 0 Å². The van der Waals surface area contributed by atoms with Gasteiger partial charge in [-0.25, -0.2) is 0 Å². The lowest BCUT2D eigenvalue weighted by atomic mass is 9.95. The number of aliphatic hydroxyl groups excluding tert-OH is 1. The van der Waals surface area contributed by atoms with E-state index in [0.717, 1.165) is 22.9 Å². The van der Waals surface area contributed by atoms with Crippen molar-refractivity contribution in [1.82, 2.24) is 4.98 Å². The summed E-state index contributed by atoms with van der Waals surface area (Å²) < 4.78 is 0. The molecule has 1 fully saturated rings. The summed E-state index contributed by atoms with van der Waals surface area (Å²) in [6, 6.07) is 10.1. The Labute approximate surface area is 108 Å². The molecule has 0 aliphatic heterocycles. The van der Waals surface area contributed by atoms with Crippen LogP contribution in [0.25, 0.3) is 10.9 Å². The highest BCUT2D eigenvalue weighted by Crippen LogP contribution is 2.33. The quantitative estimate of drug-likeness (QED) is 0.885. The third kappa shape index (κ3) is 2.39. The molecule has 0 radical (unpaired) electrons. The van der Waals surface area contributed by atoms with Gasteiger partial charge in [0.05, 0.1) is 11.6 Å². The molecular weight excluding hydrogens is 222 g/mol. The van der Waals surface area contributed by atoms with Crippen molar-refractivity contribution in [2.45, 2.75) is 38.2 Å². The Morgan fingerprint density at radius 1 is 1.22 bits per heavy atom. The standard InChI is InChI=1S/C16H19NO/c18-16(10-12-4-1-2-5-12)14-8-7-13-6-3-9-17-15(13)11-14/h3,6-9,11-12,16,18H,1-2,4-5,10H2. The van der Waals surface area contributed by atoms with Gasteiger partial charge in [0.1, 0.15) is 0 Å². The lowest BCUT2D eigenvalue weighted by Gasteiger charge is -2.16. The van der Waals surface area contributed by atoms with Crippen molar-refractivity contribution in [3.63, 3.8) is 0 Å². The van der Waals surface area contributed by atoms with E-state index in [1.165, 1.54) is 25.7 Å². The maximum absolute atomic E-state index is 10.3. The van der Waals surface area contributed by atoms with E-state index >= 15 is 0 Å². The molecule has 1 aliphatic rings. The van der Waals surface area contributed by atoms with Crippen LogP contribution in [-0.4, -0.2) is 10.1 Å². The number of benzene rings is 1. The van der Waals surface area contributed by atoms with Gasteiger partial charge in [-0.15, -0.1) is 0 Å². The van der Waals surface area contributed by atoms with Gasteiger partial charge in [-0.3, -0.25) is 4.98 Å². The lowest BCUT2D eigenvalue weighted by Crippen LogP contribution is -2.04. The van der Waals surface area contributed by atoms with E-state index in [4.69, 9.17) is 0 Å². The molecule has 2 nitrogen and oxygen atoms in total. The Bertz CT molecular complexity index is 531. The summed E-state index contributed by atoms with van der Waals surface area (Å²) in [5.74, 6) is 0.708. The second-order valence-electron chi connectivity index (χ2n) is 5.36. The van der Waals surface area contributed by atoms with Crippen molar-refractivity contribution in [3.8, 4) is 0 Å². The van der Waals surface area contributed by atoms with Gasteiger partial charge >= 0.3 is 0 Å². The van der Waals surface area contributed by atoms with Gasteiger partial charge in [-0.05, 0) is 30.0 Å². The Morgan fingerprint density at radius 2 is 2.06 bits per heavy atom. The fourth-order valence-electron chi connectivity index (χ4n) is 2.99. The number of aromatic nitrogens is 1. The zero-order valence-electron chi connectivity index (χ0n) is 10.5. The van der Waals surface area contributed by atoms with Crippen LogP contribution in [0.4, 0.5) is 0 Å². The first-order valence-corrected chi connectivity index (χ1v) is 6.86. The highest BCUT2D eigenvalue weighted by Gasteiger charge is 2.19. The Balaban J connectivity index is 1.80. The Hall–Kier alpha value is -1.41. The second-order valence-corrected chi connectivity index (χ2v) is 5.36. The van der Waals surface area contributed by atoms with Crippen LogP contribution in [0.5, 0.6) is 0 Å². The molecule has 1 aromatic heterocycles. The lowest BCUT2D eigenvalue weighted by molar-refractivity contribution is 0.145. The minimum absolute atomic E-state index is 0.334. The van der Waals surface area contributed by atoms with Gasteiger partial charge in [0.25, 0.3) is 0 Å². The van der Waals surface area contributed by atoms with Crippen molar-refractivity contribution in [2.75, 3.05) is 0 Å². The Kier molecular flexibility index (Phi) is 3.28. The van der Waals surface area contributed by atoms with Gasteiger partial charge < -0.3 is 5.11 Å². The van der Waals surface area contributed by atoms with Gasteiger partial charge in [0, 0.05) is 11.6 Å². The number of fused-ring (bicyclic) bond motifs is 1. The molecule has 0 bridgehead atoms. The number of rotatable bonds is 3. The molecule has 0 amide bonds. The van der Waals surface area contributed by atoms with Crippen LogP contribution in [0.1, 0.15) is 43.8 Å². The fourth-order valence-corrected chi connectivity index (χ4v) is 2.99. The minimum atomic E-state index is -0.334. The molecule has 1 aromatic carbocycles. The van der Waals surface area contributed by atoms with Crippen molar-refractivity contribution in [2.24, 2.45) is 5.92 Å². The maximum Gasteiger partial charge on any atom is 0.0793 e. The van der Waals surface area contributed by atoms with Crippen LogP contribution in [-0.2, 0) is 0 Å². The summed E-state index contributed by atoms with van der Waals surface area (Å²) >= 11 is 0. The van der Waals surface area contributed by atoms with Gasteiger partial charge in [-0.2, -0.15) is 0 Å². The molecule has 1 saturated carbocycles. The fraction of sp³-hybridized carbons (Fsp3) is 0.438. The first kappa shape index (κ1) is 11.7. The number of aliphatic hydroxyl groups is 1. The SMILES string of the molecule is OC(CC1CCCC1)c1ccc2cccnc2c1. The summed E-state index contributed by atoms with van der Waals surface area (Å²) in [5, 5.41) is 11.4. The predicted octanol–water partition coefficient (Wildman–Crippen LogP) is 3.85. The van der Waals surface area contributed by atoms with Crippen LogP contribution in [0, 0.1) is 5.92 Å². The molecule has 0 saturated heterocycles.